The molecule has 0 aliphatic heterocycles. The van der Waals surface area contributed by atoms with E-state index in [0.29, 0.717) is 5.92 Å². The first-order valence-corrected chi connectivity index (χ1v) is 7.79. The molecule has 0 N–H and O–H groups in total. The van der Waals surface area contributed by atoms with Crippen LogP contribution in [0, 0.1) is 6.92 Å². The highest BCUT2D eigenvalue weighted by Gasteiger charge is 2.16. The Morgan fingerprint density at radius 3 is 2.29 bits per heavy atom. The molecule has 0 aromatic heterocycles. The van der Waals surface area contributed by atoms with E-state index in [0.717, 1.165) is 6.42 Å². The molecule has 0 fully saturated rings. The molecule has 2 aromatic rings. The molecule has 1 unspecified atom stereocenters. The van der Waals surface area contributed by atoms with Crippen molar-refractivity contribution in [2.24, 2.45) is 0 Å². The van der Waals surface area contributed by atoms with Gasteiger partial charge in [0, 0.05) is 5.92 Å². The molecule has 21 heavy (non-hydrogen) atoms. The predicted molar refractivity (Wildman–Crippen MR) is 90.5 cm³/mol. The fraction of sp³-hybridized carbons (Fsp3) is 0.238. The number of hydrogen-bond donors (Lipinski definition) is 0. The molecule has 0 spiro atoms. The highest BCUT2D eigenvalue weighted by Crippen LogP contribution is 2.33. The molecule has 2 aromatic carbocycles. The first kappa shape index (κ1) is 13.9. The van der Waals surface area contributed by atoms with Crippen LogP contribution < -0.4 is 0 Å². The van der Waals surface area contributed by atoms with Crippen molar-refractivity contribution in [2.45, 2.75) is 32.1 Å². The molecular weight excluding hydrogens is 252 g/mol. The van der Waals surface area contributed by atoms with Crippen molar-refractivity contribution < 1.29 is 0 Å². The van der Waals surface area contributed by atoms with E-state index in [2.05, 4.69) is 79.7 Å². The Balaban J connectivity index is 1.92. The van der Waals surface area contributed by atoms with Gasteiger partial charge in [-0.15, -0.1) is 0 Å². The zero-order valence-electron chi connectivity index (χ0n) is 12.6. The topological polar surface area (TPSA) is 0 Å². The van der Waals surface area contributed by atoms with Gasteiger partial charge in [0.25, 0.3) is 0 Å². The lowest BCUT2D eigenvalue weighted by Gasteiger charge is -2.21. The summed E-state index contributed by atoms with van der Waals surface area (Å²) >= 11 is 0. The molecular formula is C21H22. The summed E-state index contributed by atoms with van der Waals surface area (Å²) < 4.78 is 0. The third-order valence-corrected chi connectivity index (χ3v) is 4.25. The van der Waals surface area contributed by atoms with Gasteiger partial charge in [0.05, 0.1) is 0 Å². The van der Waals surface area contributed by atoms with Gasteiger partial charge in [0.15, 0.2) is 0 Å². The zero-order chi connectivity index (χ0) is 14.5. The first-order valence-electron chi connectivity index (χ1n) is 7.79. The maximum Gasteiger partial charge on any atom is 0.0127 e. The lowest BCUT2D eigenvalue weighted by molar-refractivity contribution is 0.751. The van der Waals surface area contributed by atoms with E-state index in [4.69, 9.17) is 0 Å². The van der Waals surface area contributed by atoms with Gasteiger partial charge in [-0.3, -0.25) is 0 Å². The van der Waals surface area contributed by atoms with Gasteiger partial charge in [-0.1, -0.05) is 84.0 Å². The minimum atomic E-state index is 0.463. The molecule has 3 rings (SSSR count). The third kappa shape index (κ3) is 3.52. The van der Waals surface area contributed by atoms with Crippen molar-refractivity contribution in [3.8, 4) is 0 Å². The van der Waals surface area contributed by atoms with Crippen LogP contribution in [-0.2, 0) is 0 Å². The van der Waals surface area contributed by atoms with E-state index in [1.165, 1.54) is 29.5 Å². The number of allylic oxidation sites excluding steroid dienone is 4. The van der Waals surface area contributed by atoms with Crippen LogP contribution in [0.1, 0.15) is 41.9 Å². The summed E-state index contributed by atoms with van der Waals surface area (Å²) in [4.78, 5) is 0. The molecule has 0 heteroatoms. The standard InChI is InChI=1S/C21H22/c1-17-12-14-20(15-13-17)21(19-10-6-3-7-11-19)16-18-8-4-2-5-9-18/h2-4,6-8,10-15,21H,5,9,16H2,1H3. The minimum Gasteiger partial charge on any atom is -0.0842 e. The average molecular weight is 274 g/mol. The largest absolute Gasteiger partial charge is 0.0842 e. The van der Waals surface area contributed by atoms with E-state index >= 15 is 0 Å². The second-order valence-electron chi connectivity index (χ2n) is 5.87. The second-order valence-corrected chi connectivity index (χ2v) is 5.87. The van der Waals surface area contributed by atoms with Gasteiger partial charge < -0.3 is 0 Å². The van der Waals surface area contributed by atoms with E-state index in [1.54, 1.807) is 5.57 Å². The average Bonchev–Trinajstić information content (AvgIpc) is 2.55. The normalized spacial score (nSPS) is 15.6. The monoisotopic (exact) mass is 274 g/mol. The molecule has 0 heterocycles. The van der Waals surface area contributed by atoms with Crippen LogP contribution in [0.5, 0.6) is 0 Å². The molecule has 0 amide bonds. The van der Waals surface area contributed by atoms with Gasteiger partial charge in [0.2, 0.25) is 0 Å². The third-order valence-electron chi connectivity index (χ3n) is 4.25. The molecule has 0 saturated carbocycles. The Morgan fingerprint density at radius 2 is 1.62 bits per heavy atom. The van der Waals surface area contributed by atoms with Crippen molar-refractivity contribution in [3.05, 3.63) is 95.1 Å². The SMILES string of the molecule is Cc1ccc(C(CC2=CC=CCC2)c2ccccc2)cc1. The Morgan fingerprint density at radius 1 is 0.905 bits per heavy atom. The summed E-state index contributed by atoms with van der Waals surface area (Å²) in [6, 6.07) is 19.9. The van der Waals surface area contributed by atoms with Gasteiger partial charge in [-0.25, -0.2) is 0 Å². The lowest BCUT2D eigenvalue weighted by Crippen LogP contribution is -2.04. The van der Waals surface area contributed by atoms with Crippen molar-refractivity contribution in [3.63, 3.8) is 0 Å². The van der Waals surface area contributed by atoms with Crippen LogP contribution in [-0.4, -0.2) is 0 Å². The van der Waals surface area contributed by atoms with Gasteiger partial charge >= 0.3 is 0 Å². The van der Waals surface area contributed by atoms with E-state index in [1.807, 2.05) is 0 Å². The van der Waals surface area contributed by atoms with Gasteiger partial charge in [-0.05, 0) is 37.3 Å². The molecule has 106 valence electrons. The Kier molecular flexibility index (Phi) is 4.35. The number of hydrogen-bond acceptors (Lipinski definition) is 0. The molecule has 0 bridgehead atoms. The second kappa shape index (κ2) is 6.58. The minimum absolute atomic E-state index is 0.463. The van der Waals surface area contributed by atoms with Gasteiger partial charge in [-0.2, -0.15) is 0 Å². The summed E-state index contributed by atoms with van der Waals surface area (Å²) in [6.45, 7) is 2.15. The van der Waals surface area contributed by atoms with E-state index in [9.17, 15) is 0 Å². The van der Waals surface area contributed by atoms with Crippen LogP contribution in [0.4, 0.5) is 0 Å². The fourth-order valence-electron chi connectivity index (χ4n) is 3.00. The number of aryl methyl sites for hydroxylation is 1. The number of benzene rings is 2. The summed E-state index contributed by atoms with van der Waals surface area (Å²) in [5.74, 6) is 0.463. The maximum atomic E-state index is 2.30. The summed E-state index contributed by atoms with van der Waals surface area (Å²) in [5, 5.41) is 0. The van der Waals surface area contributed by atoms with Crippen molar-refractivity contribution in [1.29, 1.82) is 0 Å². The Hall–Kier alpha value is -2.08. The smallest absolute Gasteiger partial charge is 0.0127 e. The van der Waals surface area contributed by atoms with Crippen LogP contribution in [0.2, 0.25) is 0 Å². The summed E-state index contributed by atoms with van der Waals surface area (Å²) in [5.41, 5.74) is 5.72. The first-order chi connectivity index (χ1) is 10.3. The number of rotatable bonds is 4. The van der Waals surface area contributed by atoms with Crippen LogP contribution in [0.25, 0.3) is 0 Å². The van der Waals surface area contributed by atoms with Crippen LogP contribution >= 0.6 is 0 Å². The Labute approximate surface area is 127 Å². The molecule has 1 aliphatic rings. The molecule has 1 aliphatic carbocycles. The highest BCUT2D eigenvalue weighted by molar-refractivity contribution is 5.36. The molecule has 1 atom stereocenters. The highest BCUT2D eigenvalue weighted by atomic mass is 14.2. The van der Waals surface area contributed by atoms with Crippen molar-refractivity contribution in [1.82, 2.24) is 0 Å². The van der Waals surface area contributed by atoms with Crippen molar-refractivity contribution in [2.75, 3.05) is 0 Å². The van der Waals surface area contributed by atoms with E-state index in [-0.39, 0.29) is 0 Å². The van der Waals surface area contributed by atoms with E-state index < -0.39 is 0 Å². The molecule has 0 nitrogen and oxygen atoms in total. The van der Waals surface area contributed by atoms with Crippen LogP contribution in [0.3, 0.4) is 0 Å². The Bertz CT molecular complexity index is 629. The van der Waals surface area contributed by atoms with Crippen molar-refractivity contribution >= 4 is 0 Å². The quantitative estimate of drug-likeness (QED) is 0.661. The van der Waals surface area contributed by atoms with Gasteiger partial charge in [0.1, 0.15) is 0 Å². The summed E-state index contributed by atoms with van der Waals surface area (Å²) in [6.07, 6.45) is 10.3. The predicted octanol–water partition coefficient (Wildman–Crippen LogP) is 5.79. The maximum absolute atomic E-state index is 2.30. The zero-order valence-corrected chi connectivity index (χ0v) is 12.6. The molecule has 0 radical (unpaired) electrons. The lowest BCUT2D eigenvalue weighted by atomic mass is 9.84. The summed E-state index contributed by atoms with van der Waals surface area (Å²) in [7, 11) is 0. The molecule has 0 saturated heterocycles. The van der Waals surface area contributed by atoms with Crippen LogP contribution in [0.15, 0.2) is 78.4 Å². The fourth-order valence-corrected chi connectivity index (χ4v) is 3.00.